The summed E-state index contributed by atoms with van der Waals surface area (Å²) in [6, 6.07) is 5.38. The number of halogens is 1. The van der Waals surface area contributed by atoms with Crippen LogP contribution in [0.3, 0.4) is 0 Å². The number of rotatable bonds is 4. The summed E-state index contributed by atoms with van der Waals surface area (Å²) in [6.07, 6.45) is -2.99. The molecule has 0 saturated carbocycles. The Balaban J connectivity index is 1.80. The zero-order valence-corrected chi connectivity index (χ0v) is 14.7. The maximum atomic E-state index is 10.3. The van der Waals surface area contributed by atoms with Crippen molar-refractivity contribution in [3.05, 3.63) is 34.3 Å². The molecule has 2 heterocycles. The van der Waals surface area contributed by atoms with Crippen molar-refractivity contribution < 1.29 is 29.9 Å². The molecule has 1 aromatic carbocycles. The van der Waals surface area contributed by atoms with Crippen LogP contribution in [0, 0.1) is 5.92 Å². The van der Waals surface area contributed by atoms with Crippen LogP contribution in [0.5, 0.6) is 0 Å². The van der Waals surface area contributed by atoms with E-state index in [1.54, 1.807) is 12.1 Å². The van der Waals surface area contributed by atoms with Gasteiger partial charge in [-0.1, -0.05) is 23.7 Å². The van der Waals surface area contributed by atoms with Gasteiger partial charge in [0.25, 0.3) is 0 Å². The fourth-order valence-corrected chi connectivity index (χ4v) is 3.76. The average molecular weight is 373 g/mol. The first-order valence-electron chi connectivity index (χ1n) is 8.68. The zero-order chi connectivity index (χ0) is 18.0. The Morgan fingerprint density at radius 2 is 1.76 bits per heavy atom. The molecule has 140 valence electrons. The minimum atomic E-state index is -1.38. The monoisotopic (exact) mass is 372 g/mol. The highest BCUT2D eigenvalue weighted by molar-refractivity contribution is 6.31. The van der Waals surface area contributed by atoms with Crippen LogP contribution in [0.4, 0.5) is 0 Å². The third-order valence-electron chi connectivity index (χ3n) is 5.14. The molecule has 25 heavy (non-hydrogen) atoms. The van der Waals surface area contributed by atoms with Crippen molar-refractivity contribution in [3.63, 3.8) is 0 Å². The average Bonchev–Trinajstić information content (AvgIpc) is 2.63. The van der Waals surface area contributed by atoms with Crippen molar-refractivity contribution in [2.45, 2.75) is 49.8 Å². The quantitative estimate of drug-likeness (QED) is 0.624. The van der Waals surface area contributed by atoms with Crippen LogP contribution >= 0.6 is 11.6 Å². The molecule has 7 heteroatoms. The highest BCUT2D eigenvalue weighted by Gasteiger charge is 2.44. The molecule has 0 aliphatic carbocycles. The Morgan fingerprint density at radius 3 is 2.44 bits per heavy atom. The third kappa shape index (κ3) is 4.17. The number of hydrogen-bond donors (Lipinski definition) is 4. The first-order chi connectivity index (χ1) is 12.0. The van der Waals surface area contributed by atoms with Crippen molar-refractivity contribution in [2.24, 2.45) is 5.92 Å². The van der Waals surface area contributed by atoms with Gasteiger partial charge in [0.05, 0.1) is 6.61 Å². The summed E-state index contributed by atoms with van der Waals surface area (Å²) in [5.74, 6) is 0.497. The van der Waals surface area contributed by atoms with E-state index >= 15 is 0 Å². The lowest BCUT2D eigenvalue weighted by Crippen LogP contribution is -2.55. The lowest BCUT2D eigenvalue weighted by molar-refractivity contribution is -0.231. The fraction of sp³-hybridized carbons (Fsp3) is 0.667. The summed E-state index contributed by atoms with van der Waals surface area (Å²) < 4.78 is 11.0. The molecule has 5 atom stereocenters. The second-order valence-electron chi connectivity index (χ2n) is 6.86. The van der Waals surface area contributed by atoms with E-state index in [-0.39, 0.29) is 0 Å². The molecule has 2 fully saturated rings. The van der Waals surface area contributed by atoms with E-state index in [2.05, 4.69) is 0 Å². The van der Waals surface area contributed by atoms with Crippen LogP contribution < -0.4 is 0 Å². The van der Waals surface area contributed by atoms with Crippen molar-refractivity contribution in [1.29, 1.82) is 0 Å². The molecule has 0 radical (unpaired) electrons. The van der Waals surface area contributed by atoms with E-state index in [0.717, 1.165) is 38.0 Å². The lowest BCUT2D eigenvalue weighted by Gasteiger charge is -2.40. The molecular weight excluding hydrogens is 348 g/mol. The van der Waals surface area contributed by atoms with E-state index in [1.165, 1.54) is 0 Å². The Morgan fingerprint density at radius 1 is 1.04 bits per heavy atom. The van der Waals surface area contributed by atoms with Crippen LogP contribution in [0.25, 0.3) is 0 Å². The Labute approximate surface area is 152 Å². The molecule has 1 aromatic rings. The normalized spacial score (nSPS) is 34.2. The van der Waals surface area contributed by atoms with Gasteiger partial charge in [0.15, 0.2) is 0 Å². The van der Waals surface area contributed by atoms with Crippen LogP contribution in [0.1, 0.15) is 30.1 Å². The Bertz CT molecular complexity index is 575. The number of hydrogen-bond acceptors (Lipinski definition) is 6. The topological polar surface area (TPSA) is 99.4 Å². The molecule has 2 aliphatic rings. The SMILES string of the molecule is OC[C@H]1O[C@@H](c2ccc(Cl)c(CC3CCOCC3)c2)[C@H](O)[C@@H](O)[C@@H]1O. The predicted molar refractivity (Wildman–Crippen MR) is 91.4 cm³/mol. The second-order valence-corrected chi connectivity index (χ2v) is 7.27. The minimum absolute atomic E-state index is 0.441. The standard InChI is InChI=1S/C18H25ClO6/c19-13-2-1-11(8-12(13)7-10-3-5-24-6-4-10)18-17(23)16(22)15(21)14(9-20)25-18/h1-2,8,10,14-18,20-23H,3-7,9H2/t14-,15-,16+,17-,18+/m1/s1. The zero-order valence-electron chi connectivity index (χ0n) is 13.9. The largest absolute Gasteiger partial charge is 0.394 e. The molecule has 0 aromatic heterocycles. The Hall–Kier alpha value is -0.730. The van der Waals surface area contributed by atoms with Gasteiger partial charge < -0.3 is 29.9 Å². The van der Waals surface area contributed by atoms with Crippen LogP contribution in [-0.4, -0.2) is 64.7 Å². The number of aliphatic hydroxyl groups excluding tert-OH is 4. The van der Waals surface area contributed by atoms with Gasteiger partial charge >= 0.3 is 0 Å². The summed E-state index contributed by atoms with van der Waals surface area (Å²) in [6.45, 7) is 1.08. The van der Waals surface area contributed by atoms with Crippen molar-refractivity contribution >= 4 is 11.6 Å². The summed E-state index contributed by atoms with van der Waals surface area (Å²) in [7, 11) is 0. The molecule has 0 unspecified atom stereocenters. The van der Waals surface area contributed by atoms with Gasteiger partial charge in [-0.2, -0.15) is 0 Å². The second kappa shape index (κ2) is 8.31. The fourth-order valence-electron chi connectivity index (χ4n) is 3.57. The van der Waals surface area contributed by atoms with Gasteiger partial charge in [-0.05, 0) is 42.4 Å². The van der Waals surface area contributed by atoms with Gasteiger partial charge in [0, 0.05) is 18.2 Å². The van der Waals surface area contributed by atoms with Gasteiger partial charge in [-0.25, -0.2) is 0 Å². The van der Waals surface area contributed by atoms with Crippen molar-refractivity contribution in [3.8, 4) is 0 Å². The van der Waals surface area contributed by atoms with Crippen molar-refractivity contribution in [2.75, 3.05) is 19.8 Å². The van der Waals surface area contributed by atoms with Gasteiger partial charge in [0.2, 0.25) is 0 Å². The highest BCUT2D eigenvalue weighted by atomic mass is 35.5. The summed E-state index contributed by atoms with van der Waals surface area (Å²) in [4.78, 5) is 0. The van der Waals surface area contributed by atoms with E-state index in [4.69, 9.17) is 21.1 Å². The predicted octanol–water partition coefficient (Wildman–Crippen LogP) is 0.824. The number of benzene rings is 1. The minimum Gasteiger partial charge on any atom is -0.394 e. The van der Waals surface area contributed by atoms with E-state index < -0.39 is 37.1 Å². The molecule has 0 spiro atoms. The Kier molecular flexibility index (Phi) is 6.33. The lowest BCUT2D eigenvalue weighted by atomic mass is 9.88. The molecule has 6 nitrogen and oxygen atoms in total. The van der Waals surface area contributed by atoms with Crippen LogP contribution in [0.15, 0.2) is 18.2 Å². The molecule has 0 amide bonds. The first kappa shape index (κ1) is 19.0. The molecular formula is C18H25ClO6. The molecule has 4 N–H and O–H groups in total. The summed E-state index contributed by atoms with van der Waals surface area (Å²) in [5.41, 5.74) is 1.63. The number of aliphatic hydroxyl groups is 4. The summed E-state index contributed by atoms with van der Waals surface area (Å²) in [5, 5.41) is 40.2. The van der Waals surface area contributed by atoms with Gasteiger partial charge in [-0.3, -0.25) is 0 Å². The maximum Gasteiger partial charge on any atom is 0.113 e. The maximum absolute atomic E-state index is 10.3. The van der Waals surface area contributed by atoms with Crippen molar-refractivity contribution in [1.82, 2.24) is 0 Å². The third-order valence-corrected chi connectivity index (χ3v) is 5.51. The first-order valence-corrected chi connectivity index (χ1v) is 9.05. The molecule has 2 aliphatic heterocycles. The molecule has 0 bridgehead atoms. The van der Waals surface area contributed by atoms with Gasteiger partial charge in [0.1, 0.15) is 30.5 Å². The van der Waals surface area contributed by atoms with E-state index in [9.17, 15) is 20.4 Å². The van der Waals surface area contributed by atoms with Crippen LogP contribution in [0.2, 0.25) is 5.02 Å². The number of ether oxygens (including phenoxy) is 2. The van der Waals surface area contributed by atoms with E-state index in [0.29, 0.717) is 16.5 Å². The van der Waals surface area contributed by atoms with Crippen LogP contribution in [-0.2, 0) is 15.9 Å². The molecule has 2 saturated heterocycles. The highest BCUT2D eigenvalue weighted by Crippen LogP contribution is 2.35. The molecule has 3 rings (SSSR count). The van der Waals surface area contributed by atoms with E-state index in [1.807, 2.05) is 6.07 Å². The van der Waals surface area contributed by atoms with Gasteiger partial charge in [-0.15, -0.1) is 0 Å². The summed E-state index contributed by atoms with van der Waals surface area (Å²) >= 11 is 6.33. The smallest absolute Gasteiger partial charge is 0.113 e.